The van der Waals surface area contributed by atoms with E-state index in [0.717, 1.165) is 24.6 Å². The number of rotatable bonds is 5. The molecular weight excluding hydrogens is 348 g/mol. The van der Waals surface area contributed by atoms with E-state index in [2.05, 4.69) is 25.2 Å². The van der Waals surface area contributed by atoms with E-state index < -0.39 is 0 Å². The highest BCUT2D eigenvalue weighted by atomic mass is 16.5. The van der Waals surface area contributed by atoms with Gasteiger partial charge in [0.05, 0.1) is 26.1 Å². The zero-order valence-corrected chi connectivity index (χ0v) is 15.9. The van der Waals surface area contributed by atoms with Gasteiger partial charge in [0, 0.05) is 36.1 Å². The lowest BCUT2D eigenvalue weighted by atomic mass is 10.3. The van der Waals surface area contributed by atoms with Crippen molar-refractivity contribution < 1.29 is 9.53 Å². The number of aromatic nitrogens is 4. The third-order valence-electron chi connectivity index (χ3n) is 4.49. The Kier molecular flexibility index (Phi) is 5.80. The van der Waals surface area contributed by atoms with Gasteiger partial charge in [-0.1, -0.05) is 0 Å². The van der Waals surface area contributed by atoms with Crippen molar-refractivity contribution in [3.05, 3.63) is 45.5 Å². The summed E-state index contributed by atoms with van der Waals surface area (Å²) in [5, 5.41) is 2.77. The maximum atomic E-state index is 12.2. The van der Waals surface area contributed by atoms with Gasteiger partial charge in [-0.2, -0.15) is 0 Å². The number of morpholine rings is 1. The van der Waals surface area contributed by atoms with Crippen molar-refractivity contribution in [2.75, 3.05) is 31.2 Å². The summed E-state index contributed by atoms with van der Waals surface area (Å²) in [7, 11) is 0. The monoisotopic (exact) mass is 372 g/mol. The molecule has 2 aromatic rings. The van der Waals surface area contributed by atoms with Crippen LogP contribution in [0.3, 0.4) is 0 Å². The van der Waals surface area contributed by atoms with E-state index in [1.165, 1.54) is 10.9 Å². The Morgan fingerprint density at radius 3 is 2.70 bits per heavy atom. The highest BCUT2D eigenvalue weighted by Crippen LogP contribution is 2.14. The normalized spacial score (nSPS) is 14.3. The highest BCUT2D eigenvalue weighted by Gasteiger charge is 2.15. The fourth-order valence-corrected chi connectivity index (χ4v) is 2.82. The Balaban J connectivity index is 1.64. The number of hydrogen-bond acceptors (Lipinski definition) is 7. The van der Waals surface area contributed by atoms with Gasteiger partial charge in [-0.25, -0.2) is 15.0 Å². The summed E-state index contributed by atoms with van der Waals surface area (Å²) in [6.07, 6.45) is 1.39. The minimum Gasteiger partial charge on any atom is -0.378 e. The van der Waals surface area contributed by atoms with Gasteiger partial charge in [-0.3, -0.25) is 14.2 Å². The molecule has 0 atom stereocenters. The zero-order valence-electron chi connectivity index (χ0n) is 15.9. The average Bonchev–Trinajstić information content (AvgIpc) is 2.67. The molecule has 0 spiro atoms. The van der Waals surface area contributed by atoms with Gasteiger partial charge in [0.2, 0.25) is 5.91 Å². The number of hydrogen-bond donors (Lipinski definition) is 1. The van der Waals surface area contributed by atoms with Crippen molar-refractivity contribution in [3.63, 3.8) is 0 Å². The molecule has 0 aromatic carbocycles. The van der Waals surface area contributed by atoms with Crippen molar-refractivity contribution in [1.29, 1.82) is 0 Å². The third kappa shape index (κ3) is 4.68. The molecule has 1 aliphatic rings. The van der Waals surface area contributed by atoms with Crippen LogP contribution in [0.2, 0.25) is 0 Å². The Morgan fingerprint density at radius 2 is 1.96 bits per heavy atom. The quantitative estimate of drug-likeness (QED) is 0.795. The molecule has 3 rings (SSSR count). The largest absolute Gasteiger partial charge is 0.378 e. The lowest BCUT2D eigenvalue weighted by Crippen LogP contribution is -2.37. The maximum absolute atomic E-state index is 12.2. The van der Waals surface area contributed by atoms with Crippen LogP contribution in [0.5, 0.6) is 0 Å². The standard InChI is InChI=1S/C18H24N6O3/c1-12-8-16(23-4-6-27-7-5-23)22-15(21-12)9-19-17(25)10-24-11-20-14(3)13(2)18(24)26/h8,11H,4-7,9-10H2,1-3H3,(H,19,25). The molecule has 2 aromatic heterocycles. The molecular formula is C18H24N6O3. The van der Waals surface area contributed by atoms with Gasteiger partial charge >= 0.3 is 0 Å². The minimum absolute atomic E-state index is 0.0882. The first kappa shape index (κ1) is 19.0. The molecule has 1 aliphatic heterocycles. The van der Waals surface area contributed by atoms with Gasteiger partial charge in [-0.15, -0.1) is 0 Å². The van der Waals surface area contributed by atoms with E-state index in [0.29, 0.717) is 30.3 Å². The van der Waals surface area contributed by atoms with Gasteiger partial charge in [-0.05, 0) is 20.8 Å². The predicted octanol–water partition coefficient (Wildman–Crippen LogP) is 0.112. The second-order valence-electron chi connectivity index (χ2n) is 6.55. The van der Waals surface area contributed by atoms with Crippen molar-refractivity contribution in [1.82, 2.24) is 24.8 Å². The van der Waals surface area contributed by atoms with Crippen molar-refractivity contribution in [2.45, 2.75) is 33.9 Å². The Hall–Kier alpha value is -2.81. The molecule has 9 nitrogen and oxygen atoms in total. The van der Waals surface area contributed by atoms with E-state index in [1.807, 2.05) is 13.0 Å². The first-order valence-corrected chi connectivity index (χ1v) is 8.90. The molecule has 0 radical (unpaired) electrons. The van der Waals surface area contributed by atoms with Crippen molar-refractivity contribution in [3.8, 4) is 0 Å². The molecule has 1 amide bonds. The van der Waals surface area contributed by atoms with E-state index in [4.69, 9.17) is 4.74 Å². The lowest BCUT2D eigenvalue weighted by Gasteiger charge is -2.28. The van der Waals surface area contributed by atoms with Crippen LogP contribution < -0.4 is 15.8 Å². The van der Waals surface area contributed by atoms with Crippen LogP contribution in [0.25, 0.3) is 0 Å². The summed E-state index contributed by atoms with van der Waals surface area (Å²) in [4.78, 5) is 39.6. The second-order valence-corrected chi connectivity index (χ2v) is 6.55. The number of amides is 1. The topological polar surface area (TPSA) is 102 Å². The summed E-state index contributed by atoms with van der Waals surface area (Å²) in [6, 6.07) is 1.93. The molecule has 9 heteroatoms. The third-order valence-corrected chi connectivity index (χ3v) is 4.49. The number of ether oxygens (including phenoxy) is 1. The Bertz CT molecular complexity index is 889. The molecule has 1 saturated heterocycles. The molecule has 0 unspecified atom stereocenters. The van der Waals surface area contributed by atoms with Crippen LogP contribution in [-0.4, -0.2) is 51.7 Å². The Morgan fingerprint density at radius 1 is 1.22 bits per heavy atom. The fourth-order valence-electron chi connectivity index (χ4n) is 2.82. The van der Waals surface area contributed by atoms with Crippen LogP contribution in [0.15, 0.2) is 17.2 Å². The second kappa shape index (κ2) is 8.26. The van der Waals surface area contributed by atoms with Gasteiger partial charge in [0.1, 0.15) is 18.2 Å². The first-order valence-electron chi connectivity index (χ1n) is 8.90. The molecule has 1 fully saturated rings. The molecule has 0 aliphatic carbocycles. The van der Waals surface area contributed by atoms with Crippen molar-refractivity contribution >= 4 is 11.7 Å². The molecule has 3 heterocycles. The van der Waals surface area contributed by atoms with Crippen LogP contribution in [0, 0.1) is 20.8 Å². The minimum atomic E-state index is -0.291. The van der Waals surface area contributed by atoms with Gasteiger partial charge in [0.25, 0.3) is 5.56 Å². The summed E-state index contributed by atoms with van der Waals surface area (Å²) in [5.74, 6) is 1.08. The van der Waals surface area contributed by atoms with Gasteiger partial charge in [0.15, 0.2) is 0 Å². The van der Waals surface area contributed by atoms with Crippen molar-refractivity contribution in [2.24, 2.45) is 0 Å². The molecule has 27 heavy (non-hydrogen) atoms. The smallest absolute Gasteiger partial charge is 0.256 e. The summed E-state index contributed by atoms with van der Waals surface area (Å²) < 4.78 is 6.67. The van der Waals surface area contributed by atoms with E-state index in [1.54, 1.807) is 13.8 Å². The first-order chi connectivity index (χ1) is 12.9. The van der Waals surface area contributed by atoms with E-state index in [9.17, 15) is 9.59 Å². The molecule has 0 saturated carbocycles. The van der Waals surface area contributed by atoms with Gasteiger partial charge < -0.3 is 15.0 Å². The number of carbonyl (C=O) groups is 1. The molecule has 144 valence electrons. The average molecular weight is 372 g/mol. The molecule has 0 bridgehead atoms. The fraction of sp³-hybridized carbons (Fsp3) is 0.500. The summed E-state index contributed by atoms with van der Waals surface area (Å²) in [5.41, 5.74) is 1.84. The number of anilines is 1. The number of carbonyl (C=O) groups excluding carboxylic acids is 1. The van der Waals surface area contributed by atoms with Crippen LogP contribution in [0.1, 0.15) is 22.8 Å². The summed E-state index contributed by atoms with van der Waals surface area (Å²) in [6.45, 7) is 8.39. The van der Waals surface area contributed by atoms with E-state index >= 15 is 0 Å². The lowest BCUT2D eigenvalue weighted by molar-refractivity contribution is -0.121. The number of nitrogens with zero attached hydrogens (tertiary/aromatic N) is 5. The predicted molar refractivity (Wildman–Crippen MR) is 99.6 cm³/mol. The SMILES string of the molecule is Cc1cc(N2CCOCC2)nc(CNC(=O)Cn2cnc(C)c(C)c2=O)n1. The number of nitrogens with one attached hydrogen (secondary N) is 1. The van der Waals surface area contributed by atoms with Crippen LogP contribution >= 0.6 is 0 Å². The van der Waals surface area contributed by atoms with Crippen LogP contribution in [0.4, 0.5) is 5.82 Å². The Labute approximate surface area is 157 Å². The van der Waals surface area contributed by atoms with E-state index in [-0.39, 0.29) is 24.6 Å². The number of aryl methyl sites for hydroxylation is 2. The zero-order chi connectivity index (χ0) is 19.4. The van der Waals surface area contributed by atoms with Crippen LogP contribution in [-0.2, 0) is 22.6 Å². The molecule has 1 N–H and O–H groups in total. The maximum Gasteiger partial charge on any atom is 0.256 e. The highest BCUT2D eigenvalue weighted by molar-refractivity contribution is 5.75. The summed E-state index contributed by atoms with van der Waals surface area (Å²) >= 11 is 0.